The van der Waals surface area contributed by atoms with E-state index in [0.717, 1.165) is 5.52 Å². The van der Waals surface area contributed by atoms with Gasteiger partial charge >= 0.3 is 0 Å². The van der Waals surface area contributed by atoms with Gasteiger partial charge in [0.15, 0.2) is 6.54 Å². The second kappa shape index (κ2) is 3.46. The number of rotatable bonds is 2. The second-order valence-corrected chi connectivity index (χ2v) is 3.09. The Morgan fingerprint density at radius 1 is 1.43 bits per heavy atom. The minimum absolute atomic E-state index is 0.0289. The summed E-state index contributed by atoms with van der Waals surface area (Å²) in [5.41, 5.74) is 0.878. The Morgan fingerprint density at radius 2 is 2.21 bits per heavy atom. The zero-order chi connectivity index (χ0) is 9.97. The molecule has 1 N–H and O–H groups in total. The quantitative estimate of drug-likeness (QED) is 0.552. The minimum atomic E-state index is 0.0289. The number of aromatic nitrogens is 2. The molecule has 1 aromatic heterocycles. The molecule has 0 saturated heterocycles. The molecule has 0 aliphatic rings. The van der Waals surface area contributed by atoms with Crippen LogP contribution >= 0.6 is 0 Å². The van der Waals surface area contributed by atoms with E-state index in [4.69, 9.17) is 0 Å². The summed E-state index contributed by atoms with van der Waals surface area (Å²) in [6.45, 7) is 4.23. The lowest BCUT2D eigenvalue weighted by Gasteiger charge is -1.95. The van der Waals surface area contributed by atoms with Gasteiger partial charge in [-0.15, -0.1) is 4.68 Å². The normalized spacial score (nSPS) is 10.3. The van der Waals surface area contributed by atoms with Crippen molar-refractivity contribution in [1.29, 1.82) is 0 Å². The van der Waals surface area contributed by atoms with Crippen LogP contribution in [0.1, 0.15) is 0 Å². The Balaban J connectivity index is 2.72. The minimum Gasteiger partial charge on any atom is -0.282 e. The number of nitrogens with one attached hydrogen (secondary N) is 1. The van der Waals surface area contributed by atoms with Gasteiger partial charge in [-0.05, 0) is 18.2 Å². The maximum absolute atomic E-state index is 11.6. The molecule has 0 radical (unpaired) electrons. The predicted molar refractivity (Wildman–Crippen MR) is 55.0 cm³/mol. The first kappa shape index (κ1) is 8.69. The van der Waals surface area contributed by atoms with Crippen LogP contribution in [0, 0.1) is 0 Å². The summed E-state index contributed by atoms with van der Waals surface area (Å²) in [5.74, 6) is 0. The van der Waals surface area contributed by atoms with Crippen LogP contribution in [0.3, 0.4) is 0 Å². The van der Waals surface area contributed by atoms with Crippen LogP contribution in [0.15, 0.2) is 47.9 Å². The largest absolute Gasteiger partial charge is 0.282 e. The molecule has 0 amide bonds. The molecule has 0 fully saturated rings. The monoisotopic (exact) mass is 187 g/mol. The summed E-state index contributed by atoms with van der Waals surface area (Å²) < 4.78 is 1.72. The summed E-state index contributed by atoms with van der Waals surface area (Å²) in [6.07, 6.45) is 3.29. The van der Waals surface area contributed by atoms with Crippen LogP contribution in [0.4, 0.5) is 0 Å². The molecule has 0 unspecified atom stereocenters. The number of hydrogen-bond acceptors (Lipinski definition) is 1. The molecule has 14 heavy (non-hydrogen) atoms. The standard InChI is InChI=1S/C11H10N2O/c1-2-7-13-8-11(14)9-5-3-4-6-10(9)12-13/h2-6,8H,1,7H2/p+1. The maximum atomic E-state index is 11.6. The number of benzene rings is 1. The number of allylic oxidation sites excluding steroid dienone is 1. The molecule has 0 aliphatic carbocycles. The predicted octanol–water partition coefficient (Wildman–Crippen LogP) is 1.00. The highest BCUT2D eigenvalue weighted by molar-refractivity contribution is 5.76. The van der Waals surface area contributed by atoms with E-state index in [0.29, 0.717) is 11.9 Å². The molecule has 0 atom stereocenters. The third kappa shape index (κ3) is 1.44. The Kier molecular flexibility index (Phi) is 2.14. The Morgan fingerprint density at radius 3 is 3.00 bits per heavy atom. The summed E-state index contributed by atoms with van der Waals surface area (Å²) in [4.78, 5) is 11.6. The summed E-state index contributed by atoms with van der Waals surface area (Å²) >= 11 is 0. The molecule has 3 heteroatoms. The number of nitrogens with zero attached hydrogens (tertiary/aromatic N) is 1. The van der Waals surface area contributed by atoms with Crippen molar-refractivity contribution in [1.82, 2.24) is 5.10 Å². The van der Waals surface area contributed by atoms with E-state index in [9.17, 15) is 4.79 Å². The van der Waals surface area contributed by atoms with Crippen LogP contribution in [0.2, 0.25) is 0 Å². The SMILES string of the molecule is C=CC[n+]1cc(=O)c2ccccc2[nH]1. The number of hydrogen-bond donors (Lipinski definition) is 1. The van der Waals surface area contributed by atoms with Gasteiger partial charge in [-0.3, -0.25) is 4.79 Å². The molecule has 70 valence electrons. The average Bonchev–Trinajstić information content (AvgIpc) is 2.18. The van der Waals surface area contributed by atoms with Crippen LogP contribution in [0.25, 0.3) is 10.9 Å². The summed E-state index contributed by atoms with van der Waals surface area (Å²) in [6, 6.07) is 7.45. The highest BCUT2D eigenvalue weighted by Crippen LogP contribution is 2.02. The van der Waals surface area contributed by atoms with Gasteiger partial charge < -0.3 is 0 Å². The number of H-pyrrole nitrogens is 1. The van der Waals surface area contributed by atoms with Gasteiger partial charge in [0.2, 0.25) is 6.20 Å². The number of para-hydroxylation sites is 1. The molecule has 3 nitrogen and oxygen atoms in total. The van der Waals surface area contributed by atoms with E-state index in [1.807, 2.05) is 24.3 Å². The maximum Gasteiger partial charge on any atom is 0.253 e. The molecule has 0 saturated carbocycles. The number of aromatic amines is 1. The average molecular weight is 187 g/mol. The van der Waals surface area contributed by atoms with Gasteiger partial charge in [-0.2, -0.15) is 5.10 Å². The van der Waals surface area contributed by atoms with Crippen molar-refractivity contribution in [3.8, 4) is 0 Å². The first-order chi connectivity index (χ1) is 6.81. The Labute approximate surface area is 81.3 Å². The number of fused-ring (bicyclic) bond motifs is 1. The van der Waals surface area contributed by atoms with Gasteiger partial charge in [0.1, 0.15) is 5.52 Å². The lowest BCUT2D eigenvalue weighted by Crippen LogP contribution is -2.40. The van der Waals surface area contributed by atoms with E-state index >= 15 is 0 Å². The Hall–Kier alpha value is -1.90. The first-order valence-electron chi connectivity index (χ1n) is 4.43. The van der Waals surface area contributed by atoms with Crippen molar-refractivity contribution >= 4 is 10.9 Å². The van der Waals surface area contributed by atoms with Crippen molar-refractivity contribution in [2.45, 2.75) is 6.54 Å². The second-order valence-electron chi connectivity index (χ2n) is 3.09. The third-order valence-corrected chi connectivity index (χ3v) is 2.06. The molecular weight excluding hydrogens is 176 g/mol. The van der Waals surface area contributed by atoms with Crippen LogP contribution in [0.5, 0.6) is 0 Å². The first-order valence-corrected chi connectivity index (χ1v) is 4.43. The third-order valence-electron chi connectivity index (χ3n) is 2.06. The summed E-state index contributed by atoms with van der Waals surface area (Å²) in [5, 5.41) is 3.83. The zero-order valence-corrected chi connectivity index (χ0v) is 7.73. The van der Waals surface area contributed by atoms with Crippen molar-refractivity contribution in [3.63, 3.8) is 0 Å². The van der Waals surface area contributed by atoms with Gasteiger partial charge in [-0.1, -0.05) is 18.7 Å². The highest BCUT2D eigenvalue weighted by Gasteiger charge is 2.04. The fraction of sp³-hybridized carbons (Fsp3) is 0.0909. The van der Waals surface area contributed by atoms with Crippen molar-refractivity contribution in [2.75, 3.05) is 0 Å². The van der Waals surface area contributed by atoms with Crippen LogP contribution in [-0.4, -0.2) is 5.10 Å². The zero-order valence-electron chi connectivity index (χ0n) is 7.73. The van der Waals surface area contributed by atoms with Crippen molar-refractivity contribution in [3.05, 3.63) is 53.3 Å². The van der Waals surface area contributed by atoms with Crippen molar-refractivity contribution < 1.29 is 4.68 Å². The highest BCUT2D eigenvalue weighted by atomic mass is 16.1. The molecule has 0 spiro atoms. The molecule has 2 aromatic rings. The van der Waals surface area contributed by atoms with Gasteiger partial charge in [-0.25, -0.2) is 0 Å². The molecule has 1 aromatic carbocycles. The summed E-state index contributed by atoms with van der Waals surface area (Å²) in [7, 11) is 0. The van der Waals surface area contributed by atoms with E-state index in [2.05, 4.69) is 11.7 Å². The fourth-order valence-electron chi connectivity index (χ4n) is 1.43. The van der Waals surface area contributed by atoms with E-state index in [-0.39, 0.29) is 5.43 Å². The van der Waals surface area contributed by atoms with Crippen molar-refractivity contribution in [2.24, 2.45) is 0 Å². The Bertz CT molecular complexity index is 528. The van der Waals surface area contributed by atoms with Gasteiger partial charge in [0.05, 0.1) is 5.39 Å². The van der Waals surface area contributed by atoms with Crippen LogP contribution in [-0.2, 0) is 6.54 Å². The van der Waals surface area contributed by atoms with E-state index in [1.54, 1.807) is 17.0 Å². The topological polar surface area (TPSA) is 36.7 Å². The molecule has 0 aliphatic heterocycles. The van der Waals surface area contributed by atoms with E-state index in [1.165, 1.54) is 0 Å². The van der Waals surface area contributed by atoms with E-state index < -0.39 is 0 Å². The molecule has 1 heterocycles. The molecule has 2 rings (SSSR count). The lowest BCUT2D eigenvalue weighted by molar-refractivity contribution is -0.743. The fourth-order valence-corrected chi connectivity index (χ4v) is 1.43. The van der Waals surface area contributed by atoms with Crippen LogP contribution < -0.4 is 10.1 Å². The molecular formula is C11H11N2O+. The lowest BCUT2D eigenvalue weighted by atomic mass is 10.2. The van der Waals surface area contributed by atoms with Gasteiger partial charge in [0, 0.05) is 0 Å². The molecule has 0 bridgehead atoms. The smallest absolute Gasteiger partial charge is 0.253 e. The van der Waals surface area contributed by atoms with Gasteiger partial charge in [0.25, 0.3) is 5.43 Å².